The lowest BCUT2D eigenvalue weighted by atomic mass is 10.1. The third-order valence-corrected chi connectivity index (χ3v) is 3.72. The van der Waals surface area contributed by atoms with Crippen molar-refractivity contribution < 1.29 is 8.42 Å². The molecule has 0 spiro atoms. The maximum absolute atomic E-state index is 11.0. The minimum atomic E-state index is -2.86. The van der Waals surface area contributed by atoms with Crippen molar-refractivity contribution in [2.24, 2.45) is 0 Å². The van der Waals surface area contributed by atoms with Crippen LogP contribution in [-0.4, -0.2) is 35.7 Å². The molecule has 7 heteroatoms. The van der Waals surface area contributed by atoms with Crippen molar-refractivity contribution in [1.29, 1.82) is 0 Å². The molecule has 1 heterocycles. The van der Waals surface area contributed by atoms with E-state index >= 15 is 0 Å². The maximum atomic E-state index is 11.0. The third kappa shape index (κ3) is 5.00. The van der Waals surface area contributed by atoms with Crippen LogP contribution in [0.15, 0.2) is 6.20 Å². The van der Waals surface area contributed by atoms with Gasteiger partial charge in [-0.05, 0) is 19.4 Å². The predicted molar refractivity (Wildman–Crippen MR) is 65.3 cm³/mol. The first-order valence-electron chi connectivity index (χ1n) is 5.21. The van der Waals surface area contributed by atoms with Gasteiger partial charge in [0.2, 0.25) is 0 Å². The van der Waals surface area contributed by atoms with E-state index < -0.39 is 9.84 Å². The molecule has 1 N–H and O–H groups in total. The van der Waals surface area contributed by atoms with Crippen LogP contribution in [0.5, 0.6) is 0 Å². The van der Waals surface area contributed by atoms with E-state index in [1.165, 1.54) is 18.0 Å². The Morgan fingerprint density at radius 1 is 1.56 bits per heavy atom. The largest absolute Gasteiger partial charge is 0.309 e. The summed E-state index contributed by atoms with van der Waals surface area (Å²) in [6, 6.07) is 0.116. The molecule has 0 saturated heterocycles. The Labute approximate surface area is 101 Å². The number of hydrogen-bond donors (Lipinski definition) is 1. The molecular formula is C9H17N3O2S2. The fourth-order valence-corrected chi connectivity index (χ4v) is 2.64. The van der Waals surface area contributed by atoms with Crippen LogP contribution in [0.3, 0.4) is 0 Å². The number of aromatic nitrogens is 2. The average molecular weight is 263 g/mol. The highest BCUT2D eigenvalue weighted by atomic mass is 32.2. The van der Waals surface area contributed by atoms with Crippen LogP contribution in [-0.2, 0) is 9.84 Å². The van der Waals surface area contributed by atoms with Crippen LogP contribution in [0.4, 0.5) is 0 Å². The minimum absolute atomic E-state index is 0.116. The summed E-state index contributed by atoms with van der Waals surface area (Å²) < 4.78 is 30.1. The number of nitrogens with zero attached hydrogens (tertiary/aromatic N) is 2. The van der Waals surface area contributed by atoms with E-state index in [2.05, 4.69) is 14.1 Å². The number of rotatable bonds is 7. The Balaban J connectivity index is 2.47. The minimum Gasteiger partial charge on any atom is -0.309 e. The molecule has 5 nitrogen and oxygen atoms in total. The van der Waals surface area contributed by atoms with Crippen LogP contribution >= 0.6 is 11.7 Å². The molecule has 1 rings (SSSR count). The summed E-state index contributed by atoms with van der Waals surface area (Å²) in [7, 11) is -2.86. The molecule has 92 valence electrons. The van der Waals surface area contributed by atoms with Gasteiger partial charge < -0.3 is 5.32 Å². The molecule has 0 fully saturated rings. The second kappa shape index (κ2) is 6.27. The fourth-order valence-electron chi connectivity index (χ4n) is 1.48. The van der Waals surface area contributed by atoms with Gasteiger partial charge in [0.05, 0.1) is 29.7 Å². The number of hydrogen-bond acceptors (Lipinski definition) is 6. The Hall–Kier alpha value is -0.530. The first kappa shape index (κ1) is 13.5. The van der Waals surface area contributed by atoms with Gasteiger partial charge in [-0.1, -0.05) is 6.92 Å². The lowest BCUT2D eigenvalue weighted by Crippen LogP contribution is -2.22. The van der Waals surface area contributed by atoms with Crippen LogP contribution in [0.25, 0.3) is 0 Å². The van der Waals surface area contributed by atoms with Gasteiger partial charge in [0.25, 0.3) is 0 Å². The molecule has 0 aliphatic rings. The Morgan fingerprint density at radius 2 is 2.31 bits per heavy atom. The normalized spacial score (nSPS) is 13.9. The molecule has 0 aliphatic carbocycles. The Kier molecular flexibility index (Phi) is 5.30. The zero-order valence-electron chi connectivity index (χ0n) is 9.51. The standard InChI is InChI=1S/C9H17N3O2S2/c1-3-10-8(9-7-11-15-12-9)5-4-6-16(2,13)14/h7-8,10H,3-6H2,1-2H3. The highest BCUT2D eigenvalue weighted by molar-refractivity contribution is 7.90. The average Bonchev–Trinajstić information content (AvgIpc) is 2.67. The molecule has 1 unspecified atom stereocenters. The van der Waals surface area contributed by atoms with Crippen molar-refractivity contribution in [2.75, 3.05) is 18.6 Å². The van der Waals surface area contributed by atoms with Crippen LogP contribution in [0.1, 0.15) is 31.5 Å². The van der Waals surface area contributed by atoms with E-state index in [0.717, 1.165) is 18.7 Å². The van der Waals surface area contributed by atoms with Crippen molar-refractivity contribution in [2.45, 2.75) is 25.8 Å². The van der Waals surface area contributed by atoms with Crippen LogP contribution in [0.2, 0.25) is 0 Å². The van der Waals surface area contributed by atoms with E-state index in [0.29, 0.717) is 6.42 Å². The smallest absolute Gasteiger partial charge is 0.147 e. The SMILES string of the molecule is CCNC(CCCS(C)(=O)=O)c1cnsn1. The summed E-state index contributed by atoms with van der Waals surface area (Å²) in [5.41, 5.74) is 0.903. The van der Waals surface area contributed by atoms with Crippen LogP contribution in [0, 0.1) is 0 Å². The molecule has 0 bridgehead atoms. The van der Waals surface area contributed by atoms with Gasteiger partial charge in [-0.15, -0.1) is 0 Å². The number of nitrogens with one attached hydrogen (secondary N) is 1. The molecule has 0 aliphatic heterocycles. The van der Waals surface area contributed by atoms with E-state index in [1.54, 1.807) is 6.20 Å². The molecule has 0 aromatic carbocycles. The highest BCUT2D eigenvalue weighted by Crippen LogP contribution is 2.16. The van der Waals surface area contributed by atoms with Gasteiger partial charge in [0.1, 0.15) is 9.84 Å². The van der Waals surface area contributed by atoms with Gasteiger partial charge in [0, 0.05) is 12.0 Å². The molecule has 0 radical (unpaired) electrons. The van der Waals surface area contributed by atoms with Gasteiger partial charge >= 0.3 is 0 Å². The molecule has 1 aromatic rings. The Bertz CT molecular complexity index is 389. The zero-order chi connectivity index (χ0) is 12.0. The van der Waals surface area contributed by atoms with Crippen molar-refractivity contribution in [3.63, 3.8) is 0 Å². The molecular weight excluding hydrogens is 246 g/mol. The lowest BCUT2D eigenvalue weighted by Gasteiger charge is -2.14. The van der Waals surface area contributed by atoms with Gasteiger partial charge in [-0.2, -0.15) is 8.75 Å². The highest BCUT2D eigenvalue weighted by Gasteiger charge is 2.13. The topological polar surface area (TPSA) is 72.0 Å². The zero-order valence-corrected chi connectivity index (χ0v) is 11.1. The summed E-state index contributed by atoms with van der Waals surface area (Å²) in [5.74, 6) is 0.229. The summed E-state index contributed by atoms with van der Waals surface area (Å²) in [4.78, 5) is 0. The maximum Gasteiger partial charge on any atom is 0.147 e. The summed E-state index contributed by atoms with van der Waals surface area (Å²) in [6.07, 6.45) is 4.42. The number of sulfone groups is 1. The van der Waals surface area contributed by atoms with E-state index in [9.17, 15) is 8.42 Å². The fraction of sp³-hybridized carbons (Fsp3) is 0.778. The summed E-state index contributed by atoms with van der Waals surface area (Å²) >= 11 is 1.17. The summed E-state index contributed by atoms with van der Waals surface area (Å²) in [5, 5.41) is 3.28. The van der Waals surface area contributed by atoms with Crippen molar-refractivity contribution in [3.05, 3.63) is 11.9 Å². The predicted octanol–water partition coefficient (Wildman–Crippen LogP) is 1.01. The van der Waals surface area contributed by atoms with Crippen molar-refractivity contribution in [3.8, 4) is 0 Å². The van der Waals surface area contributed by atoms with E-state index in [1.807, 2.05) is 6.92 Å². The molecule has 0 amide bonds. The molecule has 1 atom stereocenters. The second-order valence-corrected chi connectivity index (χ2v) is 6.53. The van der Waals surface area contributed by atoms with Crippen LogP contribution < -0.4 is 5.32 Å². The van der Waals surface area contributed by atoms with Gasteiger partial charge in [0.15, 0.2) is 0 Å². The lowest BCUT2D eigenvalue weighted by molar-refractivity contribution is 0.499. The van der Waals surface area contributed by atoms with E-state index in [-0.39, 0.29) is 11.8 Å². The summed E-state index contributed by atoms with van der Waals surface area (Å²) in [6.45, 7) is 2.85. The quantitative estimate of drug-likeness (QED) is 0.795. The van der Waals surface area contributed by atoms with Gasteiger partial charge in [-0.3, -0.25) is 0 Å². The van der Waals surface area contributed by atoms with Crippen molar-refractivity contribution >= 4 is 21.6 Å². The Morgan fingerprint density at radius 3 is 2.81 bits per heavy atom. The van der Waals surface area contributed by atoms with E-state index in [4.69, 9.17) is 0 Å². The molecule has 1 aromatic heterocycles. The molecule has 16 heavy (non-hydrogen) atoms. The van der Waals surface area contributed by atoms with Gasteiger partial charge in [-0.25, -0.2) is 8.42 Å². The third-order valence-electron chi connectivity index (χ3n) is 2.19. The monoisotopic (exact) mass is 263 g/mol. The molecule has 0 saturated carbocycles. The first-order chi connectivity index (χ1) is 7.53. The van der Waals surface area contributed by atoms with Crippen molar-refractivity contribution in [1.82, 2.24) is 14.1 Å². The first-order valence-corrected chi connectivity index (χ1v) is 8.00. The second-order valence-electron chi connectivity index (χ2n) is 3.71.